The monoisotopic (exact) mass is 443 g/mol. The van der Waals surface area contributed by atoms with Crippen LogP contribution < -0.4 is 10.9 Å². The fraction of sp³-hybridized carbons (Fsp3) is 0.308. The molecule has 0 fully saturated rings. The number of aromatic nitrogens is 4. The summed E-state index contributed by atoms with van der Waals surface area (Å²) in [5.41, 5.74) is 5.82. The lowest BCUT2D eigenvalue weighted by atomic mass is 10.1. The maximum absolute atomic E-state index is 12.3. The molecule has 7 heteroatoms. The molecule has 0 unspecified atom stereocenters. The number of hydrogen-bond acceptors (Lipinski definition) is 6. The van der Waals surface area contributed by atoms with E-state index in [2.05, 4.69) is 41.4 Å². The Morgan fingerprint density at radius 2 is 1.85 bits per heavy atom. The fourth-order valence-electron chi connectivity index (χ4n) is 3.63. The first-order chi connectivity index (χ1) is 16.0. The molecule has 0 aliphatic rings. The molecule has 1 N–H and O–H groups in total. The molecular formula is C26H29N5O2. The van der Waals surface area contributed by atoms with Gasteiger partial charge in [0.2, 0.25) is 0 Å². The Bertz CT molecular complexity index is 1290. The Balaban J connectivity index is 1.65. The molecule has 0 aliphatic heterocycles. The first kappa shape index (κ1) is 22.6. The van der Waals surface area contributed by atoms with Crippen LogP contribution in [0.1, 0.15) is 31.5 Å². The van der Waals surface area contributed by atoms with Crippen LogP contribution in [-0.2, 0) is 13.1 Å². The summed E-state index contributed by atoms with van der Waals surface area (Å²) in [7, 11) is 1.93. The summed E-state index contributed by atoms with van der Waals surface area (Å²) in [5.74, 6) is 0.974. The van der Waals surface area contributed by atoms with E-state index in [1.165, 1.54) is 5.56 Å². The molecule has 0 saturated carbocycles. The summed E-state index contributed by atoms with van der Waals surface area (Å²) in [6.45, 7) is 7.65. The van der Waals surface area contributed by atoms with Gasteiger partial charge in [0.25, 0.3) is 5.56 Å². The Hall–Kier alpha value is -3.58. The molecule has 0 bridgehead atoms. The molecule has 1 aromatic carbocycles. The van der Waals surface area contributed by atoms with Gasteiger partial charge in [-0.05, 0) is 31.5 Å². The molecule has 0 radical (unpaired) electrons. The molecule has 3 heterocycles. The van der Waals surface area contributed by atoms with Crippen molar-refractivity contribution in [3.63, 3.8) is 0 Å². The van der Waals surface area contributed by atoms with Crippen molar-refractivity contribution >= 4 is 0 Å². The third kappa shape index (κ3) is 5.09. The largest absolute Gasteiger partial charge is 0.354 e. The van der Waals surface area contributed by atoms with Crippen molar-refractivity contribution in [3.8, 4) is 34.0 Å². The highest BCUT2D eigenvalue weighted by molar-refractivity contribution is 5.68. The molecule has 0 aliphatic carbocycles. The second-order valence-corrected chi connectivity index (χ2v) is 8.41. The van der Waals surface area contributed by atoms with E-state index in [0.29, 0.717) is 29.6 Å². The summed E-state index contributed by atoms with van der Waals surface area (Å²) in [5, 5.41) is 7.39. The molecule has 3 aromatic heterocycles. The molecule has 1 atom stereocenters. The highest BCUT2D eigenvalue weighted by Crippen LogP contribution is 2.28. The van der Waals surface area contributed by atoms with Crippen LogP contribution in [0.2, 0.25) is 0 Å². The highest BCUT2D eigenvalue weighted by atomic mass is 16.5. The summed E-state index contributed by atoms with van der Waals surface area (Å²) in [6.07, 6.45) is 4.59. The lowest BCUT2D eigenvalue weighted by Crippen LogP contribution is -2.21. The topological polar surface area (TPSA) is 85.8 Å². The van der Waals surface area contributed by atoms with Crippen molar-refractivity contribution < 1.29 is 4.52 Å². The number of nitrogens with zero attached hydrogens (tertiary/aromatic N) is 4. The summed E-state index contributed by atoms with van der Waals surface area (Å²) in [6, 6.07) is 13.5. The third-order valence-corrected chi connectivity index (χ3v) is 5.81. The molecule has 4 rings (SSSR count). The van der Waals surface area contributed by atoms with Crippen LogP contribution in [0.5, 0.6) is 0 Å². The molecular weight excluding hydrogens is 414 g/mol. The van der Waals surface area contributed by atoms with Gasteiger partial charge in [0.05, 0.1) is 17.6 Å². The number of aryl methyl sites for hydroxylation is 1. The van der Waals surface area contributed by atoms with E-state index < -0.39 is 0 Å². The predicted octanol–water partition coefficient (Wildman–Crippen LogP) is 4.70. The fourth-order valence-corrected chi connectivity index (χ4v) is 3.63. The molecule has 7 nitrogen and oxygen atoms in total. The minimum absolute atomic E-state index is 0.0139. The van der Waals surface area contributed by atoms with Gasteiger partial charge in [-0.25, -0.2) is 4.98 Å². The van der Waals surface area contributed by atoms with Gasteiger partial charge in [0.15, 0.2) is 5.76 Å². The van der Waals surface area contributed by atoms with Crippen LogP contribution >= 0.6 is 0 Å². The van der Waals surface area contributed by atoms with Crippen molar-refractivity contribution in [2.45, 2.75) is 40.3 Å². The van der Waals surface area contributed by atoms with Gasteiger partial charge in [-0.15, -0.1) is 0 Å². The predicted molar refractivity (Wildman–Crippen MR) is 130 cm³/mol. The van der Waals surface area contributed by atoms with E-state index in [1.807, 2.05) is 38.4 Å². The molecule has 0 saturated heterocycles. The second kappa shape index (κ2) is 9.92. The van der Waals surface area contributed by atoms with Crippen LogP contribution in [0, 0.1) is 12.8 Å². The average molecular weight is 444 g/mol. The number of nitrogens with one attached hydrogen (secondary N) is 1. The Morgan fingerprint density at radius 3 is 2.58 bits per heavy atom. The zero-order chi connectivity index (χ0) is 23.4. The van der Waals surface area contributed by atoms with Crippen LogP contribution in [0.4, 0.5) is 0 Å². The number of benzene rings is 1. The number of pyridine rings is 1. The lowest BCUT2D eigenvalue weighted by Gasteiger charge is -2.12. The Labute approximate surface area is 193 Å². The number of hydrogen-bond donors (Lipinski definition) is 1. The lowest BCUT2D eigenvalue weighted by molar-refractivity contribution is 0.433. The smallest absolute Gasteiger partial charge is 0.250 e. The van der Waals surface area contributed by atoms with E-state index in [9.17, 15) is 4.79 Å². The van der Waals surface area contributed by atoms with E-state index in [1.54, 1.807) is 22.9 Å². The zero-order valence-electron chi connectivity index (χ0n) is 19.5. The van der Waals surface area contributed by atoms with Crippen molar-refractivity contribution in [1.29, 1.82) is 0 Å². The Morgan fingerprint density at radius 1 is 1.09 bits per heavy atom. The van der Waals surface area contributed by atoms with Gasteiger partial charge in [-0.1, -0.05) is 49.7 Å². The summed E-state index contributed by atoms with van der Waals surface area (Å²) in [4.78, 5) is 21.6. The van der Waals surface area contributed by atoms with Gasteiger partial charge in [0.1, 0.15) is 11.4 Å². The number of rotatable bonds is 8. The third-order valence-electron chi connectivity index (χ3n) is 5.81. The van der Waals surface area contributed by atoms with Gasteiger partial charge in [-0.2, -0.15) is 0 Å². The van der Waals surface area contributed by atoms with E-state index in [0.717, 1.165) is 35.5 Å². The minimum Gasteiger partial charge on any atom is -0.354 e. The van der Waals surface area contributed by atoms with Crippen molar-refractivity contribution in [2.24, 2.45) is 5.92 Å². The maximum atomic E-state index is 12.3. The van der Waals surface area contributed by atoms with Crippen molar-refractivity contribution in [1.82, 2.24) is 25.0 Å². The van der Waals surface area contributed by atoms with Gasteiger partial charge in [0, 0.05) is 42.5 Å². The summed E-state index contributed by atoms with van der Waals surface area (Å²) < 4.78 is 7.39. The molecule has 4 aromatic rings. The minimum atomic E-state index is -0.0139. The summed E-state index contributed by atoms with van der Waals surface area (Å²) >= 11 is 0. The van der Waals surface area contributed by atoms with Crippen molar-refractivity contribution in [2.75, 3.05) is 7.05 Å². The van der Waals surface area contributed by atoms with Crippen LogP contribution in [0.15, 0.2) is 64.2 Å². The molecule has 33 heavy (non-hydrogen) atoms. The molecule has 0 amide bonds. The van der Waals surface area contributed by atoms with Gasteiger partial charge >= 0.3 is 0 Å². The van der Waals surface area contributed by atoms with Gasteiger partial charge < -0.3 is 14.4 Å². The van der Waals surface area contributed by atoms with Crippen LogP contribution in [0.3, 0.4) is 0 Å². The van der Waals surface area contributed by atoms with Crippen LogP contribution in [-0.4, -0.2) is 26.7 Å². The SMILES string of the molecule is CC[C@H](C)Cn1cc(-c2cnc(C)c(-c3cc(-c4ccc(CNC)cc4)no3)n2)ccc1=O. The normalized spacial score (nSPS) is 12.1. The maximum Gasteiger partial charge on any atom is 0.250 e. The molecule has 0 spiro atoms. The van der Waals surface area contributed by atoms with Crippen LogP contribution in [0.25, 0.3) is 34.0 Å². The first-order valence-corrected chi connectivity index (χ1v) is 11.2. The van der Waals surface area contributed by atoms with E-state index in [4.69, 9.17) is 9.51 Å². The van der Waals surface area contributed by atoms with Gasteiger partial charge in [-0.3, -0.25) is 9.78 Å². The second-order valence-electron chi connectivity index (χ2n) is 8.41. The quantitative estimate of drug-likeness (QED) is 0.425. The van der Waals surface area contributed by atoms with Crippen molar-refractivity contribution in [3.05, 3.63) is 76.5 Å². The standard InChI is InChI=1S/C26H29N5O2/c1-5-17(2)15-31-16-21(10-11-25(31)32)23-14-28-18(3)26(29-23)24-12-22(30-33-24)20-8-6-19(7-9-20)13-27-4/h6-12,14,16-17,27H,5,13,15H2,1-4H3/t17-/m0/s1. The highest BCUT2D eigenvalue weighted by Gasteiger charge is 2.15. The zero-order valence-corrected chi connectivity index (χ0v) is 19.5. The van der Waals surface area contributed by atoms with E-state index >= 15 is 0 Å². The molecule has 170 valence electrons. The average Bonchev–Trinajstić information content (AvgIpc) is 3.31. The first-order valence-electron chi connectivity index (χ1n) is 11.2. The van der Waals surface area contributed by atoms with E-state index in [-0.39, 0.29) is 5.56 Å². The Kier molecular flexibility index (Phi) is 6.79.